The van der Waals surface area contributed by atoms with Gasteiger partial charge in [0.15, 0.2) is 5.96 Å². The molecule has 10 heteroatoms. The molecular formula is C20H41IN4O4S. The molecule has 2 aliphatic heterocycles. The van der Waals surface area contributed by atoms with E-state index in [4.69, 9.17) is 9.47 Å². The monoisotopic (exact) mass is 560 g/mol. The molecule has 0 radical (unpaired) electrons. The van der Waals surface area contributed by atoms with Crippen LogP contribution in [0.15, 0.2) is 4.99 Å². The van der Waals surface area contributed by atoms with Gasteiger partial charge in [-0.15, -0.1) is 24.0 Å². The second-order valence-corrected chi connectivity index (χ2v) is 9.97. The lowest BCUT2D eigenvalue weighted by atomic mass is 10.0. The number of sulfonamides is 1. The van der Waals surface area contributed by atoms with Crippen LogP contribution in [0.2, 0.25) is 0 Å². The van der Waals surface area contributed by atoms with Gasteiger partial charge in [-0.2, -0.15) is 0 Å². The molecule has 0 unspecified atom stereocenters. The fourth-order valence-electron chi connectivity index (χ4n) is 3.70. The molecule has 178 valence electrons. The molecule has 0 aromatic rings. The Morgan fingerprint density at radius 2 is 1.87 bits per heavy atom. The van der Waals surface area contributed by atoms with Crippen molar-refractivity contribution in [1.29, 1.82) is 0 Å². The highest BCUT2D eigenvalue weighted by atomic mass is 127. The van der Waals surface area contributed by atoms with Gasteiger partial charge in [0.1, 0.15) is 0 Å². The molecule has 0 atom stereocenters. The normalized spacial score (nSPS) is 20.0. The molecule has 2 saturated heterocycles. The van der Waals surface area contributed by atoms with Crippen molar-refractivity contribution in [3.63, 3.8) is 0 Å². The molecule has 0 spiro atoms. The molecule has 0 amide bonds. The van der Waals surface area contributed by atoms with Crippen LogP contribution in [0, 0.1) is 5.92 Å². The Labute approximate surface area is 200 Å². The van der Waals surface area contributed by atoms with Gasteiger partial charge < -0.3 is 20.1 Å². The van der Waals surface area contributed by atoms with Crippen LogP contribution in [-0.2, 0) is 19.5 Å². The van der Waals surface area contributed by atoms with E-state index >= 15 is 0 Å². The van der Waals surface area contributed by atoms with E-state index in [0.29, 0.717) is 32.0 Å². The zero-order chi connectivity index (χ0) is 21.0. The van der Waals surface area contributed by atoms with Gasteiger partial charge in [0.2, 0.25) is 10.0 Å². The van der Waals surface area contributed by atoms with Gasteiger partial charge >= 0.3 is 0 Å². The molecule has 0 bridgehead atoms. The Bertz CT molecular complexity index is 577. The second kappa shape index (κ2) is 15.6. The number of aliphatic imine (C=N–C) groups is 1. The molecule has 2 N–H and O–H groups in total. The summed E-state index contributed by atoms with van der Waals surface area (Å²) in [6, 6.07) is 0.255. The van der Waals surface area contributed by atoms with Crippen molar-refractivity contribution in [2.75, 3.05) is 58.4 Å². The van der Waals surface area contributed by atoms with Crippen molar-refractivity contribution < 1.29 is 17.9 Å². The van der Waals surface area contributed by atoms with E-state index in [2.05, 4.69) is 15.6 Å². The lowest BCUT2D eigenvalue weighted by Gasteiger charge is -2.32. The van der Waals surface area contributed by atoms with Crippen LogP contribution in [0.5, 0.6) is 0 Å². The van der Waals surface area contributed by atoms with Gasteiger partial charge in [-0.25, -0.2) is 12.7 Å². The predicted molar refractivity (Wildman–Crippen MR) is 132 cm³/mol. The van der Waals surface area contributed by atoms with E-state index in [1.54, 1.807) is 4.31 Å². The van der Waals surface area contributed by atoms with E-state index < -0.39 is 10.0 Å². The number of hydrogen-bond acceptors (Lipinski definition) is 5. The summed E-state index contributed by atoms with van der Waals surface area (Å²) in [5, 5.41) is 6.75. The summed E-state index contributed by atoms with van der Waals surface area (Å²) in [6.07, 6.45) is 5.38. The van der Waals surface area contributed by atoms with Crippen molar-refractivity contribution in [3.05, 3.63) is 0 Å². The van der Waals surface area contributed by atoms with Crippen LogP contribution < -0.4 is 10.6 Å². The third-order valence-corrected chi connectivity index (χ3v) is 7.48. The number of guanidine groups is 1. The summed E-state index contributed by atoms with van der Waals surface area (Å²) >= 11 is 0. The number of ether oxygens (including phenoxy) is 2. The van der Waals surface area contributed by atoms with E-state index in [1.807, 2.05) is 13.8 Å². The highest BCUT2D eigenvalue weighted by Gasteiger charge is 2.27. The van der Waals surface area contributed by atoms with Crippen molar-refractivity contribution in [2.24, 2.45) is 10.9 Å². The number of halogens is 1. The topological polar surface area (TPSA) is 92.3 Å². The molecule has 0 aromatic carbocycles. The Balaban J connectivity index is 0.00000450. The molecule has 0 aromatic heterocycles. The zero-order valence-corrected chi connectivity index (χ0v) is 21.8. The average molecular weight is 561 g/mol. The third-order valence-electron chi connectivity index (χ3n) is 5.41. The molecule has 2 rings (SSSR count). The van der Waals surface area contributed by atoms with E-state index in [0.717, 1.165) is 71.0 Å². The minimum Gasteiger partial charge on any atom is -0.381 e. The van der Waals surface area contributed by atoms with Gasteiger partial charge in [-0.1, -0.05) is 6.92 Å². The van der Waals surface area contributed by atoms with Crippen LogP contribution in [0.3, 0.4) is 0 Å². The number of nitrogens with zero attached hydrogens (tertiary/aromatic N) is 2. The fourth-order valence-corrected chi connectivity index (χ4v) is 5.24. The summed E-state index contributed by atoms with van der Waals surface area (Å²) in [5.74, 6) is 1.69. The summed E-state index contributed by atoms with van der Waals surface area (Å²) < 4.78 is 37.2. The summed E-state index contributed by atoms with van der Waals surface area (Å²) in [7, 11) is -3.09. The minimum absolute atomic E-state index is 0. The van der Waals surface area contributed by atoms with E-state index in [-0.39, 0.29) is 35.8 Å². The number of nitrogens with one attached hydrogen (secondary N) is 2. The van der Waals surface area contributed by atoms with Gasteiger partial charge in [0.25, 0.3) is 0 Å². The van der Waals surface area contributed by atoms with Crippen molar-refractivity contribution >= 4 is 40.0 Å². The van der Waals surface area contributed by atoms with Gasteiger partial charge in [0.05, 0.1) is 5.75 Å². The third kappa shape index (κ3) is 10.4. The van der Waals surface area contributed by atoms with Crippen molar-refractivity contribution in [2.45, 2.75) is 58.4 Å². The van der Waals surface area contributed by atoms with Crippen LogP contribution >= 0.6 is 24.0 Å². The summed E-state index contributed by atoms with van der Waals surface area (Å²) in [6.45, 7) is 9.91. The van der Waals surface area contributed by atoms with Crippen LogP contribution in [0.25, 0.3) is 0 Å². The molecule has 0 aliphatic carbocycles. The smallest absolute Gasteiger partial charge is 0.214 e. The molecule has 2 heterocycles. The number of rotatable bonds is 11. The first kappa shape index (κ1) is 27.9. The first-order valence-corrected chi connectivity index (χ1v) is 12.8. The number of piperidine rings is 1. The van der Waals surface area contributed by atoms with Gasteiger partial charge in [-0.05, 0) is 51.4 Å². The standard InChI is InChI=1S/C20H40N4O4S.HI/c1-3-16-29(25,26)24-11-6-19(7-12-24)23-20(21-4-2)22-10-5-13-28-17-18-8-14-27-15-9-18;/h18-19H,3-17H2,1-2H3,(H2,21,22,23);1H. The Hall–Kier alpha value is -0.170. The second-order valence-electron chi connectivity index (χ2n) is 7.88. The Morgan fingerprint density at radius 3 is 2.50 bits per heavy atom. The SMILES string of the molecule is CCCS(=O)(=O)N1CCC(NC(=NCCCOCC2CCOCC2)NCC)CC1.I. The summed E-state index contributed by atoms with van der Waals surface area (Å²) in [4.78, 5) is 4.65. The quantitative estimate of drug-likeness (QED) is 0.174. The maximum Gasteiger partial charge on any atom is 0.214 e. The highest BCUT2D eigenvalue weighted by Crippen LogP contribution is 2.16. The van der Waals surface area contributed by atoms with E-state index in [1.165, 1.54) is 0 Å². The van der Waals surface area contributed by atoms with Crippen molar-refractivity contribution in [1.82, 2.24) is 14.9 Å². The van der Waals surface area contributed by atoms with Gasteiger partial charge in [-0.3, -0.25) is 4.99 Å². The largest absolute Gasteiger partial charge is 0.381 e. The maximum atomic E-state index is 12.2. The fraction of sp³-hybridized carbons (Fsp3) is 0.950. The first-order valence-electron chi connectivity index (χ1n) is 11.2. The zero-order valence-electron chi connectivity index (χ0n) is 18.6. The molecule has 8 nitrogen and oxygen atoms in total. The lowest BCUT2D eigenvalue weighted by molar-refractivity contribution is 0.0205. The lowest BCUT2D eigenvalue weighted by Crippen LogP contribution is -2.50. The predicted octanol–water partition coefficient (Wildman–Crippen LogP) is 2.20. The average Bonchev–Trinajstić information content (AvgIpc) is 2.72. The number of hydrogen-bond donors (Lipinski definition) is 2. The minimum atomic E-state index is -3.09. The summed E-state index contributed by atoms with van der Waals surface area (Å²) in [5.41, 5.74) is 0. The Kier molecular flexibility index (Phi) is 14.5. The molecular weight excluding hydrogens is 519 g/mol. The van der Waals surface area contributed by atoms with Gasteiger partial charge in [0, 0.05) is 58.6 Å². The van der Waals surface area contributed by atoms with E-state index in [9.17, 15) is 8.42 Å². The van der Waals surface area contributed by atoms with Crippen molar-refractivity contribution in [3.8, 4) is 0 Å². The first-order chi connectivity index (χ1) is 14.0. The van der Waals surface area contributed by atoms with Crippen LogP contribution in [0.4, 0.5) is 0 Å². The van der Waals surface area contributed by atoms with Crippen LogP contribution in [0.1, 0.15) is 52.4 Å². The molecule has 2 aliphatic rings. The highest BCUT2D eigenvalue weighted by molar-refractivity contribution is 14.0. The molecule has 2 fully saturated rings. The molecule has 0 saturated carbocycles. The molecule has 30 heavy (non-hydrogen) atoms. The maximum absolute atomic E-state index is 12.2. The van der Waals surface area contributed by atoms with Crippen LogP contribution in [-0.4, -0.2) is 83.1 Å². The Morgan fingerprint density at radius 1 is 1.17 bits per heavy atom.